The van der Waals surface area contributed by atoms with Crippen LogP contribution < -0.4 is 0 Å². The molecule has 0 aliphatic rings. The minimum absolute atomic E-state index is 0.839. The van der Waals surface area contributed by atoms with Gasteiger partial charge < -0.3 is 0 Å². The number of aryl methyl sites for hydroxylation is 1. The van der Waals surface area contributed by atoms with Gasteiger partial charge in [0, 0.05) is 31.2 Å². The van der Waals surface area contributed by atoms with Crippen molar-refractivity contribution >= 4 is 0 Å². The Balaban J connectivity index is 1.62. The summed E-state index contributed by atoms with van der Waals surface area (Å²) in [5.41, 5.74) is 4.53. The Morgan fingerprint density at radius 3 is 2.62 bits per heavy atom. The second-order valence-corrected chi connectivity index (χ2v) is 5.33. The molecule has 0 amide bonds. The zero-order valence-electron chi connectivity index (χ0n) is 12.3. The molecule has 1 N–H and O–H groups in total. The lowest BCUT2D eigenvalue weighted by molar-refractivity contribution is 0.315. The number of nitrogens with zero attached hydrogens (tertiary/aromatic N) is 4. The second kappa shape index (κ2) is 5.93. The zero-order chi connectivity index (χ0) is 14.7. The van der Waals surface area contributed by atoms with E-state index in [9.17, 15) is 0 Å². The normalized spacial score (nSPS) is 11.2. The lowest BCUT2D eigenvalue weighted by atomic mass is 10.2. The Bertz CT molecular complexity index is 682. The van der Waals surface area contributed by atoms with Crippen LogP contribution in [0.2, 0.25) is 0 Å². The molecule has 0 fully saturated rings. The summed E-state index contributed by atoms with van der Waals surface area (Å²) in [4.78, 5) is 2.25. The number of H-pyrrole nitrogens is 1. The van der Waals surface area contributed by atoms with Gasteiger partial charge in [-0.15, -0.1) is 0 Å². The number of rotatable bonds is 5. The fourth-order valence-corrected chi connectivity index (χ4v) is 2.38. The van der Waals surface area contributed by atoms with Crippen molar-refractivity contribution in [3.05, 3.63) is 65.7 Å². The first-order chi connectivity index (χ1) is 10.2. The summed E-state index contributed by atoms with van der Waals surface area (Å²) in [7, 11) is 2.10. The van der Waals surface area contributed by atoms with Crippen LogP contribution in [-0.2, 0) is 13.1 Å². The van der Waals surface area contributed by atoms with Gasteiger partial charge in [-0.1, -0.05) is 12.1 Å². The van der Waals surface area contributed by atoms with Crippen LogP contribution in [0.5, 0.6) is 0 Å². The molecule has 108 valence electrons. The SMILES string of the molecule is Cc1cc(CN(C)Cc2ccc(-n3cccn3)cc2)n[nH]1. The van der Waals surface area contributed by atoms with Gasteiger partial charge in [0.2, 0.25) is 0 Å². The highest BCUT2D eigenvalue weighted by molar-refractivity contribution is 5.33. The molecule has 3 rings (SSSR count). The molecule has 0 aliphatic carbocycles. The molecular formula is C16H19N5. The first-order valence-corrected chi connectivity index (χ1v) is 6.99. The van der Waals surface area contributed by atoms with Crippen molar-refractivity contribution in [3.8, 4) is 5.69 Å². The number of hydrogen-bond acceptors (Lipinski definition) is 3. The van der Waals surface area contributed by atoms with Crippen molar-refractivity contribution in [2.75, 3.05) is 7.05 Å². The fourth-order valence-electron chi connectivity index (χ4n) is 2.38. The van der Waals surface area contributed by atoms with E-state index < -0.39 is 0 Å². The maximum atomic E-state index is 4.27. The fraction of sp³-hybridized carbons (Fsp3) is 0.250. The lowest BCUT2D eigenvalue weighted by Gasteiger charge is -2.15. The maximum absolute atomic E-state index is 4.27. The summed E-state index contributed by atoms with van der Waals surface area (Å²) in [5, 5.41) is 11.5. The van der Waals surface area contributed by atoms with Crippen LogP contribution in [-0.4, -0.2) is 31.9 Å². The summed E-state index contributed by atoms with van der Waals surface area (Å²) in [6.07, 6.45) is 3.73. The average Bonchev–Trinajstić information content (AvgIpc) is 3.11. The first-order valence-electron chi connectivity index (χ1n) is 6.99. The number of aromatic amines is 1. The minimum atomic E-state index is 0.839. The van der Waals surface area contributed by atoms with E-state index in [0.717, 1.165) is 30.2 Å². The molecule has 3 aromatic rings. The zero-order valence-corrected chi connectivity index (χ0v) is 12.3. The van der Waals surface area contributed by atoms with Crippen LogP contribution in [0.1, 0.15) is 17.0 Å². The molecule has 0 unspecified atom stereocenters. The third kappa shape index (κ3) is 3.38. The van der Waals surface area contributed by atoms with E-state index in [1.165, 1.54) is 5.56 Å². The van der Waals surface area contributed by atoms with Crippen LogP contribution in [0, 0.1) is 6.92 Å². The van der Waals surface area contributed by atoms with Gasteiger partial charge in [0.05, 0.1) is 11.4 Å². The Kier molecular flexibility index (Phi) is 3.83. The van der Waals surface area contributed by atoms with Crippen LogP contribution in [0.3, 0.4) is 0 Å². The van der Waals surface area contributed by atoms with E-state index in [0.29, 0.717) is 0 Å². The predicted octanol–water partition coefficient (Wildman–Crippen LogP) is 2.54. The van der Waals surface area contributed by atoms with Crippen molar-refractivity contribution < 1.29 is 0 Å². The highest BCUT2D eigenvalue weighted by Crippen LogP contribution is 2.11. The molecule has 0 spiro atoms. The molecule has 0 saturated carbocycles. The number of benzene rings is 1. The number of aromatic nitrogens is 4. The maximum Gasteiger partial charge on any atom is 0.0765 e. The van der Waals surface area contributed by atoms with Crippen molar-refractivity contribution in [1.29, 1.82) is 0 Å². The van der Waals surface area contributed by atoms with Crippen molar-refractivity contribution in [1.82, 2.24) is 24.9 Å². The third-order valence-corrected chi connectivity index (χ3v) is 3.35. The van der Waals surface area contributed by atoms with E-state index in [1.54, 1.807) is 6.20 Å². The van der Waals surface area contributed by atoms with Crippen molar-refractivity contribution in [3.63, 3.8) is 0 Å². The molecule has 21 heavy (non-hydrogen) atoms. The van der Waals surface area contributed by atoms with E-state index >= 15 is 0 Å². The highest BCUT2D eigenvalue weighted by atomic mass is 15.3. The molecular weight excluding hydrogens is 262 g/mol. The molecule has 1 aromatic carbocycles. The Hall–Kier alpha value is -2.40. The van der Waals surface area contributed by atoms with Crippen LogP contribution >= 0.6 is 0 Å². The van der Waals surface area contributed by atoms with E-state index in [-0.39, 0.29) is 0 Å². The van der Waals surface area contributed by atoms with Crippen LogP contribution in [0.4, 0.5) is 0 Å². The van der Waals surface area contributed by atoms with E-state index in [4.69, 9.17) is 0 Å². The standard InChI is InChI=1S/C16H19N5/c1-13-10-15(19-18-13)12-20(2)11-14-4-6-16(7-5-14)21-9-3-8-17-21/h3-10H,11-12H2,1-2H3,(H,18,19). The quantitative estimate of drug-likeness (QED) is 0.782. The van der Waals surface area contributed by atoms with E-state index in [1.807, 2.05) is 23.9 Å². The number of hydrogen-bond donors (Lipinski definition) is 1. The van der Waals surface area contributed by atoms with Crippen LogP contribution in [0.15, 0.2) is 48.8 Å². The predicted molar refractivity (Wildman–Crippen MR) is 82.1 cm³/mol. The summed E-state index contributed by atoms with van der Waals surface area (Å²) >= 11 is 0. The van der Waals surface area contributed by atoms with Gasteiger partial charge in [0.1, 0.15) is 0 Å². The Morgan fingerprint density at radius 2 is 2.00 bits per heavy atom. The van der Waals surface area contributed by atoms with Crippen LogP contribution in [0.25, 0.3) is 5.69 Å². The van der Waals surface area contributed by atoms with Crippen molar-refractivity contribution in [2.45, 2.75) is 20.0 Å². The van der Waals surface area contributed by atoms with Crippen molar-refractivity contribution in [2.24, 2.45) is 0 Å². The lowest BCUT2D eigenvalue weighted by Crippen LogP contribution is -2.17. The molecule has 0 bridgehead atoms. The molecule has 2 heterocycles. The van der Waals surface area contributed by atoms with Gasteiger partial charge in [0.25, 0.3) is 0 Å². The summed E-state index contributed by atoms with van der Waals surface area (Å²) in [6.45, 7) is 3.75. The molecule has 0 radical (unpaired) electrons. The Labute approximate surface area is 124 Å². The summed E-state index contributed by atoms with van der Waals surface area (Å²) in [6, 6.07) is 12.5. The largest absolute Gasteiger partial charge is 0.296 e. The third-order valence-electron chi connectivity index (χ3n) is 3.35. The van der Waals surface area contributed by atoms with Gasteiger partial charge in [-0.2, -0.15) is 10.2 Å². The van der Waals surface area contributed by atoms with Gasteiger partial charge >= 0.3 is 0 Å². The van der Waals surface area contributed by atoms with Gasteiger partial charge in [-0.25, -0.2) is 4.68 Å². The van der Waals surface area contributed by atoms with Gasteiger partial charge in [-0.3, -0.25) is 10.00 Å². The molecule has 5 nitrogen and oxygen atoms in total. The van der Waals surface area contributed by atoms with Gasteiger partial charge in [-0.05, 0) is 43.8 Å². The summed E-state index contributed by atoms with van der Waals surface area (Å²) < 4.78 is 1.86. The highest BCUT2D eigenvalue weighted by Gasteiger charge is 2.05. The summed E-state index contributed by atoms with van der Waals surface area (Å²) in [5.74, 6) is 0. The van der Waals surface area contributed by atoms with Gasteiger partial charge in [0.15, 0.2) is 0 Å². The topological polar surface area (TPSA) is 49.7 Å². The first kappa shape index (κ1) is 13.6. The average molecular weight is 281 g/mol. The molecule has 0 aliphatic heterocycles. The monoisotopic (exact) mass is 281 g/mol. The molecule has 0 saturated heterocycles. The minimum Gasteiger partial charge on any atom is -0.296 e. The smallest absolute Gasteiger partial charge is 0.0765 e. The van der Waals surface area contributed by atoms with E-state index in [2.05, 4.69) is 57.6 Å². The molecule has 0 atom stereocenters. The second-order valence-electron chi connectivity index (χ2n) is 5.33. The number of nitrogens with one attached hydrogen (secondary N) is 1. The molecule has 5 heteroatoms. The molecule has 2 aromatic heterocycles. The Morgan fingerprint density at radius 1 is 1.19 bits per heavy atom.